The van der Waals surface area contributed by atoms with Gasteiger partial charge in [-0.05, 0) is 55.7 Å². The fourth-order valence-corrected chi connectivity index (χ4v) is 2.37. The summed E-state index contributed by atoms with van der Waals surface area (Å²) in [5.41, 5.74) is 2.58. The number of allylic oxidation sites excluding steroid dienone is 2. The Morgan fingerprint density at radius 2 is 1.56 bits per heavy atom. The van der Waals surface area contributed by atoms with Gasteiger partial charge in [-0.2, -0.15) is 0 Å². The molecule has 0 fully saturated rings. The molecule has 172 valence electrons. The minimum atomic E-state index is -0.347. The quantitative estimate of drug-likeness (QED) is 0.153. The molecule has 1 N–H and O–H groups in total. The van der Waals surface area contributed by atoms with Crippen molar-refractivity contribution in [3.63, 3.8) is 0 Å². The zero-order valence-corrected chi connectivity index (χ0v) is 19.4. The standard InChI is InChI=1S/C22H26O3.C5H8O2/c1-3-4-17-24-18(2)25-22-15-11-20(12-16-22)8-6-5-7-19-9-13-21(23)14-10-19;1-4(2)5(6)7-3/h5-16,18,23H,3-4,17H2,1-2H3;1H2,2-3H3. The summed E-state index contributed by atoms with van der Waals surface area (Å²) >= 11 is 0. The Labute approximate surface area is 191 Å². The Morgan fingerprint density at radius 3 is 2.00 bits per heavy atom. The molecule has 0 bridgehead atoms. The summed E-state index contributed by atoms with van der Waals surface area (Å²) in [5, 5.41) is 9.25. The van der Waals surface area contributed by atoms with Gasteiger partial charge in [0.05, 0.1) is 13.7 Å². The first-order valence-corrected chi connectivity index (χ1v) is 10.6. The predicted octanol–water partition coefficient (Wildman–Crippen LogP) is 6.40. The highest BCUT2D eigenvalue weighted by Gasteiger charge is 2.03. The fourth-order valence-electron chi connectivity index (χ4n) is 2.37. The molecule has 0 aliphatic rings. The molecule has 2 aromatic carbocycles. The van der Waals surface area contributed by atoms with Crippen molar-refractivity contribution < 1.29 is 24.1 Å². The van der Waals surface area contributed by atoms with Crippen LogP contribution in [0.3, 0.4) is 0 Å². The normalized spacial score (nSPS) is 11.6. The number of phenols is 1. The molecule has 0 heterocycles. The van der Waals surface area contributed by atoms with Crippen molar-refractivity contribution in [3.8, 4) is 11.5 Å². The van der Waals surface area contributed by atoms with E-state index in [4.69, 9.17) is 9.47 Å². The number of ether oxygens (including phenoxy) is 3. The Hall–Kier alpha value is -3.31. The van der Waals surface area contributed by atoms with E-state index in [0.717, 1.165) is 36.3 Å². The van der Waals surface area contributed by atoms with Gasteiger partial charge in [0.25, 0.3) is 0 Å². The smallest absolute Gasteiger partial charge is 0.332 e. The van der Waals surface area contributed by atoms with Gasteiger partial charge in [-0.15, -0.1) is 0 Å². The second kappa shape index (κ2) is 15.5. The van der Waals surface area contributed by atoms with E-state index in [1.807, 2.05) is 67.6 Å². The molecule has 0 radical (unpaired) electrons. The Kier molecular flexibility index (Phi) is 12.9. The van der Waals surface area contributed by atoms with Gasteiger partial charge in [-0.25, -0.2) is 4.79 Å². The molecular formula is C27H34O5. The number of rotatable bonds is 10. The molecule has 32 heavy (non-hydrogen) atoms. The number of hydrogen-bond donors (Lipinski definition) is 1. The van der Waals surface area contributed by atoms with Crippen molar-refractivity contribution in [2.75, 3.05) is 13.7 Å². The van der Waals surface area contributed by atoms with Crippen LogP contribution in [-0.2, 0) is 14.3 Å². The molecule has 0 aliphatic carbocycles. The molecule has 2 aromatic rings. The summed E-state index contributed by atoms with van der Waals surface area (Å²) in [6.45, 7) is 9.74. The first kappa shape index (κ1) is 26.7. The molecule has 1 atom stereocenters. The van der Waals surface area contributed by atoms with Crippen molar-refractivity contribution in [1.29, 1.82) is 0 Å². The summed E-state index contributed by atoms with van der Waals surface area (Å²) < 4.78 is 15.6. The number of esters is 1. The Bertz CT molecular complexity index is 864. The predicted molar refractivity (Wildman–Crippen MR) is 130 cm³/mol. The molecule has 5 nitrogen and oxygen atoms in total. The number of carbonyl (C=O) groups is 1. The van der Waals surface area contributed by atoms with E-state index in [1.54, 1.807) is 19.1 Å². The van der Waals surface area contributed by atoms with E-state index in [-0.39, 0.29) is 18.0 Å². The molecule has 5 heteroatoms. The third-order valence-corrected chi connectivity index (χ3v) is 4.15. The fraction of sp³-hybridized carbons (Fsp3) is 0.296. The van der Waals surface area contributed by atoms with Crippen LogP contribution < -0.4 is 4.74 Å². The number of aromatic hydroxyl groups is 1. The highest BCUT2D eigenvalue weighted by atomic mass is 16.7. The maximum absolute atomic E-state index is 10.2. The first-order chi connectivity index (χ1) is 15.3. The molecule has 0 saturated carbocycles. The van der Waals surface area contributed by atoms with Gasteiger partial charge in [0.1, 0.15) is 11.5 Å². The molecule has 2 rings (SSSR count). The topological polar surface area (TPSA) is 65.0 Å². The maximum atomic E-state index is 10.2. The van der Waals surface area contributed by atoms with Crippen LogP contribution in [0, 0.1) is 0 Å². The second-order valence-electron chi connectivity index (χ2n) is 7.06. The molecule has 1 unspecified atom stereocenters. The molecular weight excluding hydrogens is 404 g/mol. The second-order valence-corrected chi connectivity index (χ2v) is 7.06. The van der Waals surface area contributed by atoms with Crippen LogP contribution >= 0.6 is 0 Å². The summed E-state index contributed by atoms with van der Waals surface area (Å²) in [5.74, 6) is 0.737. The van der Waals surface area contributed by atoms with Crippen molar-refractivity contribution in [2.24, 2.45) is 0 Å². The Balaban J connectivity index is 0.000000633. The van der Waals surface area contributed by atoms with E-state index >= 15 is 0 Å². The zero-order chi connectivity index (χ0) is 23.8. The van der Waals surface area contributed by atoms with Crippen LogP contribution in [0.25, 0.3) is 12.2 Å². The van der Waals surface area contributed by atoms with E-state index in [9.17, 15) is 9.90 Å². The van der Waals surface area contributed by atoms with Crippen molar-refractivity contribution in [2.45, 2.75) is 39.9 Å². The lowest BCUT2D eigenvalue weighted by Gasteiger charge is -2.15. The summed E-state index contributed by atoms with van der Waals surface area (Å²) in [6, 6.07) is 15.0. The largest absolute Gasteiger partial charge is 0.508 e. The van der Waals surface area contributed by atoms with E-state index < -0.39 is 0 Å². The summed E-state index contributed by atoms with van der Waals surface area (Å²) in [4.78, 5) is 10.2. The number of phenolic OH excluding ortho intramolecular Hbond substituents is 1. The number of benzene rings is 2. The summed E-state index contributed by atoms with van der Waals surface area (Å²) in [6.07, 6.45) is 9.91. The minimum Gasteiger partial charge on any atom is -0.508 e. The van der Waals surface area contributed by atoms with Crippen LogP contribution in [0.5, 0.6) is 11.5 Å². The maximum Gasteiger partial charge on any atom is 0.332 e. The third-order valence-electron chi connectivity index (χ3n) is 4.15. The highest BCUT2D eigenvalue weighted by Crippen LogP contribution is 2.16. The van der Waals surface area contributed by atoms with Crippen molar-refractivity contribution in [3.05, 3.63) is 84.0 Å². The zero-order valence-electron chi connectivity index (χ0n) is 19.4. The van der Waals surface area contributed by atoms with E-state index in [0.29, 0.717) is 5.57 Å². The van der Waals surface area contributed by atoms with Crippen LogP contribution in [0.2, 0.25) is 0 Å². The van der Waals surface area contributed by atoms with Gasteiger partial charge in [0, 0.05) is 5.57 Å². The van der Waals surface area contributed by atoms with Crippen LogP contribution in [0.4, 0.5) is 0 Å². The molecule has 0 aliphatic heterocycles. The highest BCUT2D eigenvalue weighted by molar-refractivity contribution is 5.86. The average molecular weight is 439 g/mol. The lowest BCUT2D eigenvalue weighted by molar-refractivity contribution is -0.136. The van der Waals surface area contributed by atoms with Gasteiger partial charge < -0.3 is 19.3 Å². The molecule has 0 amide bonds. The van der Waals surface area contributed by atoms with Gasteiger partial charge in [0.2, 0.25) is 0 Å². The van der Waals surface area contributed by atoms with Gasteiger partial charge >= 0.3 is 5.97 Å². The lowest BCUT2D eigenvalue weighted by Crippen LogP contribution is -2.16. The third kappa shape index (κ3) is 11.8. The molecule has 0 aromatic heterocycles. The first-order valence-electron chi connectivity index (χ1n) is 10.6. The van der Waals surface area contributed by atoms with E-state index in [2.05, 4.69) is 18.2 Å². The van der Waals surface area contributed by atoms with Crippen LogP contribution in [0.1, 0.15) is 44.7 Å². The minimum absolute atomic E-state index is 0.235. The van der Waals surface area contributed by atoms with Crippen molar-refractivity contribution in [1.82, 2.24) is 0 Å². The SMILES string of the molecule is C=C(C)C(=O)OC.CCCCOC(C)Oc1ccc(C=CC=Cc2ccc(O)cc2)cc1. The van der Waals surface area contributed by atoms with Gasteiger partial charge in [-0.3, -0.25) is 0 Å². The molecule has 0 spiro atoms. The molecule has 0 saturated heterocycles. The van der Waals surface area contributed by atoms with Crippen molar-refractivity contribution >= 4 is 18.1 Å². The average Bonchev–Trinajstić information content (AvgIpc) is 2.79. The summed E-state index contributed by atoms with van der Waals surface area (Å²) in [7, 11) is 1.33. The van der Waals surface area contributed by atoms with E-state index in [1.165, 1.54) is 7.11 Å². The lowest BCUT2D eigenvalue weighted by atomic mass is 10.2. The number of hydrogen-bond acceptors (Lipinski definition) is 5. The number of unbranched alkanes of at least 4 members (excludes halogenated alkanes) is 1. The van der Waals surface area contributed by atoms with Gasteiger partial charge in [-0.1, -0.05) is 68.5 Å². The van der Waals surface area contributed by atoms with Crippen LogP contribution in [0.15, 0.2) is 72.8 Å². The number of carbonyl (C=O) groups excluding carboxylic acids is 1. The van der Waals surface area contributed by atoms with Gasteiger partial charge in [0.15, 0.2) is 6.29 Å². The monoisotopic (exact) mass is 438 g/mol. The van der Waals surface area contributed by atoms with Crippen LogP contribution in [-0.4, -0.2) is 31.1 Å². The number of methoxy groups -OCH3 is 1. The Morgan fingerprint density at radius 1 is 1.03 bits per heavy atom.